The number of halogens is 1. The van der Waals surface area contributed by atoms with Gasteiger partial charge in [-0.3, -0.25) is 0 Å². The Kier molecular flexibility index (Phi) is 3.10. The van der Waals surface area contributed by atoms with E-state index in [1.807, 2.05) is 13.0 Å². The fourth-order valence-electron chi connectivity index (χ4n) is 5.30. The van der Waals surface area contributed by atoms with E-state index >= 15 is 0 Å². The molecule has 3 fully saturated rings. The lowest BCUT2D eigenvalue weighted by Gasteiger charge is -2.32. The van der Waals surface area contributed by atoms with Crippen molar-refractivity contribution < 1.29 is 4.39 Å². The Labute approximate surface area is 121 Å². The zero-order chi connectivity index (χ0) is 13.7. The summed E-state index contributed by atoms with van der Waals surface area (Å²) in [5.74, 6) is 3.87. The number of hydrogen-bond donors (Lipinski definition) is 1. The summed E-state index contributed by atoms with van der Waals surface area (Å²) in [5, 5.41) is 3.72. The van der Waals surface area contributed by atoms with Crippen LogP contribution in [-0.4, -0.2) is 6.04 Å². The van der Waals surface area contributed by atoms with Crippen LogP contribution in [0.3, 0.4) is 0 Å². The first-order valence-electron chi connectivity index (χ1n) is 8.21. The molecule has 2 bridgehead atoms. The zero-order valence-electron chi connectivity index (χ0n) is 12.2. The molecule has 0 spiro atoms. The second kappa shape index (κ2) is 4.84. The number of nitrogens with one attached hydrogen (secondary N) is 1. The second-order valence-electron chi connectivity index (χ2n) is 7.22. The predicted octanol–water partition coefficient (Wildman–Crippen LogP) is 4.05. The molecule has 0 saturated heterocycles. The van der Waals surface area contributed by atoms with Crippen molar-refractivity contribution in [3.63, 3.8) is 0 Å². The molecule has 1 N–H and O–H groups in total. The molecular formula is C18H24FN. The van der Waals surface area contributed by atoms with Gasteiger partial charge in [0.2, 0.25) is 0 Å². The van der Waals surface area contributed by atoms with Crippen LogP contribution < -0.4 is 5.32 Å². The van der Waals surface area contributed by atoms with Gasteiger partial charge in [-0.2, -0.15) is 0 Å². The van der Waals surface area contributed by atoms with Crippen molar-refractivity contribution in [1.82, 2.24) is 5.32 Å². The summed E-state index contributed by atoms with van der Waals surface area (Å²) in [6.45, 7) is 2.64. The molecule has 5 unspecified atom stereocenters. The van der Waals surface area contributed by atoms with E-state index in [2.05, 4.69) is 11.4 Å². The van der Waals surface area contributed by atoms with E-state index in [1.165, 1.54) is 32.1 Å². The monoisotopic (exact) mass is 273 g/mol. The fraction of sp³-hybridized carbons (Fsp3) is 0.667. The van der Waals surface area contributed by atoms with Crippen molar-refractivity contribution in [2.45, 2.75) is 51.6 Å². The minimum Gasteiger partial charge on any atom is -0.310 e. The molecule has 5 atom stereocenters. The maximum atomic E-state index is 13.6. The molecule has 0 radical (unpaired) electrons. The lowest BCUT2D eigenvalue weighted by molar-refractivity contribution is 0.208. The van der Waals surface area contributed by atoms with E-state index in [4.69, 9.17) is 0 Å². The van der Waals surface area contributed by atoms with E-state index in [-0.39, 0.29) is 5.82 Å². The quantitative estimate of drug-likeness (QED) is 0.876. The Bertz CT molecular complexity index is 512. The largest absolute Gasteiger partial charge is 0.310 e. The Morgan fingerprint density at radius 2 is 2.00 bits per heavy atom. The summed E-state index contributed by atoms with van der Waals surface area (Å²) in [6.07, 6.45) is 7.22. The van der Waals surface area contributed by atoms with Gasteiger partial charge in [0.1, 0.15) is 5.82 Å². The predicted molar refractivity (Wildman–Crippen MR) is 78.8 cm³/mol. The maximum absolute atomic E-state index is 13.6. The van der Waals surface area contributed by atoms with Gasteiger partial charge in [0, 0.05) is 12.6 Å². The summed E-state index contributed by atoms with van der Waals surface area (Å²) < 4.78 is 13.6. The van der Waals surface area contributed by atoms with Crippen molar-refractivity contribution in [2.75, 3.05) is 0 Å². The van der Waals surface area contributed by atoms with Crippen LogP contribution in [0.5, 0.6) is 0 Å². The van der Waals surface area contributed by atoms with Crippen molar-refractivity contribution in [1.29, 1.82) is 0 Å². The SMILES string of the molecule is Cc1ccc(CNC2CC3CC2C2CCCC32)cc1F. The minimum absolute atomic E-state index is 0.0758. The summed E-state index contributed by atoms with van der Waals surface area (Å²) in [6, 6.07) is 6.31. The Balaban J connectivity index is 1.40. The summed E-state index contributed by atoms with van der Waals surface area (Å²) >= 11 is 0. The molecule has 2 heteroatoms. The molecule has 1 nitrogen and oxygen atoms in total. The molecular weight excluding hydrogens is 249 g/mol. The third-order valence-corrected chi connectivity index (χ3v) is 6.23. The molecule has 20 heavy (non-hydrogen) atoms. The first kappa shape index (κ1) is 12.8. The average molecular weight is 273 g/mol. The maximum Gasteiger partial charge on any atom is 0.126 e. The van der Waals surface area contributed by atoms with Crippen molar-refractivity contribution in [3.8, 4) is 0 Å². The van der Waals surface area contributed by atoms with Gasteiger partial charge < -0.3 is 5.32 Å². The third-order valence-electron chi connectivity index (χ3n) is 6.23. The van der Waals surface area contributed by atoms with E-state index in [1.54, 1.807) is 6.07 Å². The Hall–Kier alpha value is -0.890. The number of hydrogen-bond acceptors (Lipinski definition) is 1. The highest BCUT2D eigenvalue weighted by atomic mass is 19.1. The van der Waals surface area contributed by atoms with Crippen LogP contribution in [0.1, 0.15) is 43.2 Å². The van der Waals surface area contributed by atoms with Crippen LogP contribution in [0.2, 0.25) is 0 Å². The number of fused-ring (bicyclic) bond motifs is 5. The average Bonchev–Trinajstić information content (AvgIpc) is 3.11. The molecule has 4 rings (SSSR count). The second-order valence-corrected chi connectivity index (χ2v) is 7.22. The molecule has 1 aromatic carbocycles. The van der Waals surface area contributed by atoms with E-state index in [0.29, 0.717) is 6.04 Å². The highest BCUT2D eigenvalue weighted by Crippen LogP contribution is 2.58. The van der Waals surface area contributed by atoms with Gasteiger partial charge in [-0.1, -0.05) is 18.6 Å². The van der Waals surface area contributed by atoms with Gasteiger partial charge in [-0.15, -0.1) is 0 Å². The van der Waals surface area contributed by atoms with Crippen LogP contribution in [-0.2, 0) is 6.54 Å². The minimum atomic E-state index is -0.0758. The highest BCUT2D eigenvalue weighted by molar-refractivity contribution is 5.23. The van der Waals surface area contributed by atoms with Crippen LogP contribution in [0, 0.1) is 36.4 Å². The van der Waals surface area contributed by atoms with E-state index in [9.17, 15) is 4.39 Å². The first-order valence-corrected chi connectivity index (χ1v) is 8.21. The number of rotatable bonds is 3. The van der Waals surface area contributed by atoms with Crippen LogP contribution >= 0.6 is 0 Å². The number of aryl methyl sites for hydroxylation is 1. The van der Waals surface area contributed by atoms with Crippen molar-refractivity contribution in [2.24, 2.45) is 23.7 Å². The zero-order valence-corrected chi connectivity index (χ0v) is 12.2. The lowest BCUT2D eigenvalue weighted by Crippen LogP contribution is -2.38. The van der Waals surface area contributed by atoms with Crippen LogP contribution in [0.15, 0.2) is 18.2 Å². The van der Waals surface area contributed by atoms with Gasteiger partial charge in [0.25, 0.3) is 0 Å². The fourth-order valence-corrected chi connectivity index (χ4v) is 5.30. The molecule has 3 aliphatic rings. The normalized spacial score (nSPS) is 38.4. The first-order chi connectivity index (χ1) is 9.72. The van der Waals surface area contributed by atoms with E-state index in [0.717, 1.165) is 41.3 Å². The van der Waals surface area contributed by atoms with Gasteiger partial charge in [0.15, 0.2) is 0 Å². The highest BCUT2D eigenvalue weighted by Gasteiger charge is 2.53. The van der Waals surface area contributed by atoms with Crippen molar-refractivity contribution in [3.05, 3.63) is 35.1 Å². The molecule has 3 aliphatic carbocycles. The molecule has 1 aromatic rings. The summed E-state index contributed by atoms with van der Waals surface area (Å²) in [7, 11) is 0. The van der Waals surface area contributed by atoms with E-state index < -0.39 is 0 Å². The molecule has 0 amide bonds. The van der Waals surface area contributed by atoms with Gasteiger partial charge >= 0.3 is 0 Å². The standard InChI is InChI=1S/C18H24FN/c1-11-5-6-12(7-17(11)19)10-20-18-9-13-8-16(18)15-4-2-3-14(13)15/h5-7,13-16,18,20H,2-4,8-10H2,1H3. The van der Waals surface area contributed by atoms with Gasteiger partial charge in [-0.05, 0) is 73.5 Å². The number of benzene rings is 1. The van der Waals surface area contributed by atoms with Crippen LogP contribution in [0.4, 0.5) is 4.39 Å². The summed E-state index contributed by atoms with van der Waals surface area (Å²) in [4.78, 5) is 0. The topological polar surface area (TPSA) is 12.0 Å². The van der Waals surface area contributed by atoms with Gasteiger partial charge in [-0.25, -0.2) is 4.39 Å². The lowest BCUT2D eigenvalue weighted by atomic mass is 9.79. The molecule has 0 aromatic heterocycles. The smallest absolute Gasteiger partial charge is 0.126 e. The molecule has 0 heterocycles. The Morgan fingerprint density at radius 1 is 1.15 bits per heavy atom. The van der Waals surface area contributed by atoms with Crippen LogP contribution in [0.25, 0.3) is 0 Å². The molecule has 3 saturated carbocycles. The molecule has 0 aliphatic heterocycles. The Morgan fingerprint density at radius 3 is 2.85 bits per heavy atom. The third kappa shape index (κ3) is 2.00. The van der Waals surface area contributed by atoms with Gasteiger partial charge in [0.05, 0.1) is 0 Å². The van der Waals surface area contributed by atoms with Crippen molar-refractivity contribution >= 4 is 0 Å². The summed E-state index contributed by atoms with van der Waals surface area (Å²) in [5.41, 5.74) is 1.82. The molecule has 108 valence electrons.